The third kappa shape index (κ3) is 2.95. The molecule has 0 bridgehead atoms. The fraction of sp³-hybridized carbons (Fsp3) is 0.0938. The van der Waals surface area contributed by atoms with E-state index in [-0.39, 0.29) is 5.41 Å². The fourth-order valence-corrected chi connectivity index (χ4v) is 5.40. The van der Waals surface area contributed by atoms with Gasteiger partial charge in [-0.3, -0.25) is 0 Å². The summed E-state index contributed by atoms with van der Waals surface area (Å²) in [7, 11) is 0. The van der Waals surface area contributed by atoms with Gasteiger partial charge in [0.1, 0.15) is 0 Å². The van der Waals surface area contributed by atoms with Crippen LogP contribution in [0.5, 0.6) is 0 Å². The Bertz CT molecular complexity index is 1530. The summed E-state index contributed by atoms with van der Waals surface area (Å²) in [6.45, 7) is 4.63. The summed E-state index contributed by atoms with van der Waals surface area (Å²) >= 11 is 0. The van der Waals surface area contributed by atoms with Crippen LogP contribution in [0.1, 0.15) is 30.5 Å². The van der Waals surface area contributed by atoms with Crippen molar-refractivity contribution in [1.29, 1.82) is 5.26 Å². The van der Waals surface area contributed by atoms with Crippen molar-refractivity contribution in [2.75, 3.05) is 4.90 Å². The molecule has 0 radical (unpaired) electrons. The predicted molar refractivity (Wildman–Crippen MR) is 141 cm³/mol. The molecule has 5 aromatic rings. The molecule has 2 nitrogen and oxygen atoms in total. The van der Waals surface area contributed by atoms with Crippen LogP contribution < -0.4 is 4.90 Å². The number of fused-ring (bicyclic) bond motifs is 3. The second-order valence-corrected chi connectivity index (χ2v) is 9.36. The lowest BCUT2D eigenvalue weighted by Gasteiger charge is -2.42. The zero-order chi connectivity index (χ0) is 23.3. The Hall–Kier alpha value is -4.35. The molecule has 0 amide bonds. The van der Waals surface area contributed by atoms with Crippen molar-refractivity contribution in [2.45, 2.75) is 19.3 Å². The maximum Gasteiger partial charge on any atom is 0.0991 e. The first-order valence-corrected chi connectivity index (χ1v) is 11.6. The number of anilines is 3. The summed E-state index contributed by atoms with van der Waals surface area (Å²) in [5, 5.41) is 11.7. The molecule has 6 rings (SSSR count). The lowest BCUT2D eigenvalue weighted by molar-refractivity contribution is 0.632. The number of benzene rings is 5. The van der Waals surface area contributed by atoms with E-state index >= 15 is 0 Å². The van der Waals surface area contributed by atoms with E-state index < -0.39 is 0 Å². The van der Waals surface area contributed by atoms with Gasteiger partial charge in [-0.2, -0.15) is 5.26 Å². The van der Waals surface area contributed by atoms with Gasteiger partial charge in [0, 0.05) is 10.8 Å². The van der Waals surface area contributed by atoms with Crippen molar-refractivity contribution in [3.63, 3.8) is 0 Å². The van der Waals surface area contributed by atoms with E-state index in [1.807, 2.05) is 24.3 Å². The molecule has 0 unspecified atom stereocenters. The third-order valence-corrected chi connectivity index (χ3v) is 7.09. The normalized spacial score (nSPS) is 13.7. The van der Waals surface area contributed by atoms with Crippen molar-refractivity contribution in [1.82, 2.24) is 0 Å². The van der Waals surface area contributed by atoms with Gasteiger partial charge in [0.05, 0.1) is 28.7 Å². The van der Waals surface area contributed by atoms with Gasteiger partial charge in [-0.15, -0.1) is 0 Å². The van der Waals surface area contributed by atoms with E-state index in [2.05, 4.69) is 110 Å². The second kappa shape index (κ2) is 7.61. The highest BCUT2D eigenvalue weighted by atomic mass is 15.2. The van der Waals surface area contributed by atoms with Gasteiger partial charge >= 0.3 is 0 Å². The standard InChI is InChI=1S/C32H24N2/c1-32(2)26-12-3-5-14-28(26)34(29-15-6-4-13-27(29)32)30-16-8-10-24-9-7-11-25(31(24)30)23-19-17-22(21-33)18-20-23/h3-20H,1-2H3. The number of rotatable bonds is 2. The highest BCUT2D eigenvalue weighted by Gasteiger charge is 2.36. The quantitative estimate of drug-likeness (QED) is 0.277. The van der Waals surface area contributed by atoms with Gasteiger partial charge in [0.15, 0.2) is 0 Å². The number of hydrogen-bond donors (Lipinski definition) is 0. The minimum atomic E-state index is -0.0930. The minimum absolute atomic E-state index is 0.0930. The van der Waals surface area contributed by atoms with Gasteiger partial charge in [0.25, 0.3) is 0 Å². The van der Waals surface area contributed by atoms with Gasteiger partial charge < -0.3 is 4.90 Å². The van der Waals surface area contributed by atoms with Crippen LogP contribution in [0.3, 0.4) is 0 Å². The van der Waals surface area contributed by atoms with Gasteiger partial charge in [-0.1, -0.05) is 92.7 Å². The number of nitrogens with zero attached hydrogens (tertiary/aromatic N) is 2. The van der Waals surface area contributed by atoms with Crippen LogP contribution in [0, 0.1) is 11.3 Å². The molecule has 1 heterocycles. The second-order valence-electron chi connectivity index (χ2n) is 9.36. The van der Waals surface area contributed by atoms with E-state index in [9.17, 15) is 5.26 Å². The Morgan fingerprint density at radius 2 is 1.18 bits per heavy atom. The molecule has 5 aromatic carbocycles. The van der Waals surface area contributed by atoms with Crippen molar-refractivity contribution in [3.8, 4) is 17.2 Å². The summed E-state index contributed by atoms with van der Waals surface area (Å²) in [5.41, 5.74) is 9.08. The SMILES string of the molecule is CC1(C)c2ccccc2N(c2cccc3cccc(-c4ccc(C#N)cc4)c23)c2ccccc21. The van der Waals surface area contributed by atoms with Crippen molar-refractivity contribution >= 4 is 27.8 Å². The zero-order valence-corrected chi connectivity index (χ0v) is 19.3. The fourth-order valence-electron chi connectivity index (χ4n) is 5.40. The van der Waals surface area contributed by atoms with Crippen LogP contribution in [0.2, 0.25) is 0 Å². The summed E-state index contributed by atoms with van der Waals surface area (Å²) < 4.78 is 0. The summed E-state index contributed by atoms with van der Waals surface area (Å²) in [6, 6.07) is 40.6. The molecule has 0 aliphatic carbocycles. The van der Waals surface area contributed by atoms with E-state index in [1.165, 1.54) is 33.3 Å². The van der Waals surface area contributed by atoms with Crippen molar-refractivity contribution in [2.24, 2.45) is 0 Å². The first-order chi connectivity index (χ1) is 16.6. The summed E-state index contributed by atoms with van der Waals surface area (Å²) in [6.07, 6.45) is 0. The number of para-hydroxylation sites is 2. The molecule has 1 aliphatic heterocycles. The molecular weight excluding hydrogens is 412 g/mol. The molecule has 0 atom stereocenters. The number of hydrogen-bond acceptors (Lipinski definition) is 2. The molecule has 0 N–H and O–H groups in total. The predicted octanol–water partition coefficient (Wildman–Crippen LogP) is 8.49. The molecule has 162 valence electrons. The molecule has 0 saturated carbocycles. The smallest absolute Gasteiger partial charge is 0.0991 e. The Morgan fingerprint density at radius 3 is 1.79 bits per heavy atom. The van der Waals surface area contributed by atoms with E-state index in [0.29, 0.717) is 5.56 Å². The zero-order valence-electron chi connectivity index (χ0n) is 19.3. The Labute approximate surface area is 200 Å². The maximum absolute atomic E-state index is 9.26. The molecule has 0 fully saturated rings. The first kappa shape index (κ1) is 20.3. The first-order valence-electron chi connectivity index (χ1n) is 11.6. The van der Waals surface area contributed by atoms with Crippen LogP contribution in [0.4, 0.5) is 17.1 Å². The molecular formula is C32H24N2. The van der Waals surface area contributed by atoms with Gasteiger partial charge in [-0.05, 0) is 58.0 Å². The largest absolute Gasteiger partial charge is 0.309 e. The maximum atomic E-state index is 9.26. The van der Waals surface area contributed by atoms with Crippen molar-refractivity contribution in [3.05, 3.63) is 126 Å². The van der Waals surface area contributed by atoms with E-state index in [1.54, 1.807) is 0 Å². The minimum Gasteiger partial charge on any atom is -0.309 e. The highest BCUT2D eigenvalue weighted by Crippen LogP contribution is 2.53. The number of nitriles is 1. The van der Waals surface area contributed by atoms with Crippen LogP contribution in [0.25, 0.3) is 21.9 Å². The highest BCUT2D eigenvalue weighted by molar-refractivity contribution is 6.08. The van der Waals surface area contributed by atoms with Gasteiger partial charge in [-0.25, -0.2) is 0 Å². The molecule has 1 aliphatic rings. The Balaban J connectivity index is 1.68. The van der Waals surface area contributed by atoms with Crippen LogP contribution in [-0.4, -0.2) is 0 Å². The van der Waals surface area contributed by atoms with E-state index in [0.717, 1.165) is 16.8 Å². The lowest BCUT2D eigenvalue weighted by atomic mass is 9.73. The average molecular weight is 437 g/mol. The van der Waals surface area contributed by atoms with Crippen molar-refractivity contribution < 1.29 is 0 Å². The van der Waals surface area contributed by atoms with Crippen LogP contribution >= 0.6 is 0 Å². The summed E-state index contributed by atoms with van der Waals surface area (Å²) in [4.78, 5) is 2.42. The molecule has 2 heteroatoms. The monoisotopic (exact) mass is 436 g/mol. The van der Waals surface area contributed by atoms with Crippen LogP contribution in [-0.2, 0) is 5.41 Å². The molecule has 0 aromatic heterocycles. The van der Waals surface area contributed by atoms with Gasteiger partial charge in [0.2, 0.25) is 0 Å². The topological polar surface area (TPSA) is 27.0 Å². The molecule has 0 spiro atoms. The molecule has 34 heavy (non-hydrogen) atoms. The van der Waals surface area contributed by atoms with Crippen LogP contribution in [0.15, 0.2) is 109 Å². The third-order valence-electron chi connectivity index (χ3n) is 7.09. The average Bonchev–Trinajstić information content (AvgIpc) is 2.89. The van der Waals surface area contributed by atoms with E-state index in [4.69, 9.17) is 0 Å². The Morgan fingerprint density at radius 1 is 0.618 bits per heavy atom. The lowest BCUT2D eigenvalue weighted by Crippen LogP contribution is -2.30. The summed E-state index contributed by atoms with van der Waals surface area (Å²) in [5.74, 6) is 0. The Kier molecular flexibility index (Phi) is 4.54. The molecule has 0 saturated heterocycles.